The topological polar surface area (TPSA) is 57.6 Å². The van der Waals surface area contributed by atoms with E-state index in [-0.39, 0.29) is 11.2 Å². The average Bonchev–Trinajstić information content (AvgIpc) is 2.87. The van der Waals surface area contributed by atoms with Gasteiger partial charge in [-0.2, -0.15) is 0 Å². The Morgan fingerprint density at radius 2 is 2.20 bits per heavy atom. The molecule has 0 radical (unpaired) electrons. The first-order valence-corrected chi connectivity index (χ1v) is 7.63. The normalized spacial score (nSPS) is 19.9. The molecule has 20 heavy (non-hydrogen) atoms. The highest BCUT2D eigenvalue weighted by Crippen LogP contribution is 2.27. The van der Waals surface area contributed by atoms with Crippen molar-refractivity contribution < 1.29 is 14.7 Å². The van der Waals surface area contributed by atoms with Gasteiger partial charge in [0, 0.05) is 11.4 Å². The number of thioether (sulfide) groups is 1. The van der Waals surface area contributed by atoms with Crippen LogP contribution in [0.2, 0.25) is 0 Å². The minimum absolute atomic E-state index is 0.0820. The highest BCUT2D eigenvalue weighted by molar-refractivity contribution is 8.00. The molecule has 1 saturated heterocycles. The van der Waals surface area contributed by atoms with Crippen LogP contribution in [-0.4, -0.2) is 39.7 Å². The second-order valence-corrected chi connectivity index (χ2v) is 6.52. The van der Waals surface area contributed by atoms with E-state index in [0.29, 0.717) is 13.0 Å². The summed E-state index contributed by atoms with van der Waals surface area (Å²) in [6.45, 7) is 4.40. The molecule has 108 valence electrons. The van der Waals surface area contributed by atoms with Crippen LogP contribution in [0.3, 0.4) is 0 Å². The fourth-order valence-electron chi connectivity index (χ4n) is 2.46. The van der Waals surface area contributed by atoms with Gasteiger partial charge in [-0.15, -0.1) is 11.8 Å². The monoisotopic (exact) mass is 293 g/mol. The van der Waals surface area contributed by atoms with Crippen LogP contribution in [0, 0.1) is 6.92 Å². The van der Waals surface area contributed by atoms with E-state index in [2.05, 4.69) is 0 Å². The van der Waals surface area contributed by atoms with Crippen molar-refractivity contribution in [3.05, 3.63) is 29.8 Å². The van der Waals surface area contributed by atoms with Gasteiger partial charge in [-0.1, -0.05) is 17.7 Å². The maximum Gasteiger partial charge on any atom is 0.326 e. The number of carboxylic acid groups (broad SMARTS) is 1. The van der Waals surface area contributed by atoms with Crippen LogP contribution in [0.15, 0.2) is 29.2 Å². The molecule has 1 aliphatic rings. The quantitative estimate of drug-likeness (QED) is 0.867. The van der Waals surface area contributed by atoms with Crippen molar-refractivity contribution in [2.45, 2.75) is 42.9 Å². The van der Waals surface area contributed by atoms with Crippen molar-refractivity contribution in [1.29, 1.82) is 0 Å². The minimum Gasteiger partial charge on any atom is -0.480 e. The summed E-state index contributed by atoms with van der Waals surface area (Å²) in [5.74, 6) is -0.981. The van der Waals surface area contributed by atoms with E-state index in [0.717, 1.165) is 16.9 Å². The summed E-state index contributed by atoms with van der Waals surface area (Å²) in [6.07, 6.45) is 1.33. The number of rotatable bonds is 4. The third-order valence-electron chi connectivity index (χ3n) is 3.47. The van der Waals surface area contributed by atoms with E-state index in [9.17, 15) is 9.59 Å². The predicted octanol–water partition coefficient (Wildman–Crippen LogP) is 2.55. The van der Waals surface area contributed by atoms with Gasteiger partial charge < -0.3 is 10.0 Å². The largest absolute Gasteiger partial charge is 0.480 e. The standard InChI is InChI=1S/C15H19NO3S/c1-10-5-3-6-12(9-10)20-11(2)14(17)16-8-4-7-13(16)15(18)19/h3,5-6,9,11,13H,4,7-8H2,1-2H3,(H,18,19). The number of nitrogens with zero attached hydrogens (tertiary/aromatic N) is 1. The van der Waals surface area contributed by atoms with Gasteiger partial charge in [-0.05, 0) is 38.8 Å². The van der Waals surface area contributed by atoms with E-state index in [1.165, 1.54) is 16.7 Å². The Kier molecular flexibility index (Phi) is 4.70. The van der Waals surface area contributed by atoms with E-state index in [1.807, 2.05) is 38.1 Å². The number of aliphatic carboxylic acids is 1. The average molecular weight is 293 g/mol. The Hall–Kier alpha value is -1.49. The second-order valence-electron chi connectivity index (χ2n) is 5.10. The Balaban J connectivity index is 2.03. The molecule has 1 N–H and O–H groups in total. The van der Waals surface area contributed by atoms with Gasteiger partial charge in [0.15, 0.2) is 0 Å². The molecule has 1 aromatic carbocycles. The fraction of sp³-hybridized carbons (Fsp3) is 0.467. The summed E-state index contributed by atoms with van der Waals surface area (Å²) in [4.78, 5) is 26.1. The van der Waals surface area contributed by atoms with Gasteiger partial charge in [-0.25, -0.2) is 4.79 Å². The van der Waals surface area contributed by atoms with Crippen molar-refractivity contribution in [1.82, 2.24) is 4.90 Å². The molecule has 1 aromatic rings. The smallest absolute Gasteiger partial charge is 0.326 e. The molecule has 0 bridgehead atoms. The molecular weight excluding hydrogens is 274 g/mol. The minimum atomic E-state index is -0.899. The maximum atomic E-state index is 12.4. The number of amides is 1. The lowest BCUT2D eigenvalue weighted by molar-refractivity contribution is -0.147. The molecule has 2 atom stereocenters. The first-order valence-electron chi connectivity index (χ1n) is 6.75. The summed E-state index contributed by atoms with van der Waals surface area (Å²) in [6, 6.07) is 7.33. The van der Waals surface area contributed by atoms with Crippen molar-refractivity contribution in [2.24, 2.45) is 0 Å². The molecule has 1 fully saturated rings. The van der Waals surface area contributed by atoms with Gasteiger partial charge in [-0.3, -0.25) is 4.79 Å². The van der Waals surface area contributed by atoms with Crippen LogP contribution in [0.5, 0.6) is 0 Å². The Bertz CT molecular complexity index is 518. The van der Waals surface area contributed by atoms with Gasteiger partial charge in [0.2, 0.25) is 5.91 Å². The zero-order valence-electron chi connectivity index (χ0n) is 11.7. The van der Waals surface area contributed by atoms with Gasteiger partial charge >= 0.3 is 5.97 Å². The number of likely N-dealkylation sites (tertiary alicyclic amines) is 1. The maximum absolute atomic E-state index is 12.4. The number of aryl methyl sites for hydroxylation is 1. The summed E-state index contributed by atoms with van der Waals surface area (Å²) in [7, 11) is 0. The van der Waals surface area contributed by atoms with Crippen molar-refractivity contribution >= 4 is 23.6 Å². The lowest BCUT2D eigenvalue weighted by atomic mass is 10.2. The van der Waals surface area contributed by atoms with Gasteiger partial charge in [0.05, 0.1) is 5.25 Å². The molecule has 0 aromatic heterocycles. The zero-order chi connectivity index (χ0) is 14.7. The van der Waals surface area contributed by atoms with Crippen LogP contribution >= 0.6 is 11.8 Å². The van der Waals surface area contributed by atoms with Crippen LogP contribution in [0.4, 0.5) is 0 Å². The molecule has 2 rings (SSSR count). The molecule has 0 spiro atoms. The molecule has 0 saturated carbocycles. The highest BCUT2D eigenvalue weighted by atomic mass is 32.2. The van der Waals surface area contributed by atoms with Crippen LogP contribution in [-0.2, 0) is 9.59 Å². The lowest BCUT2D eigenvalue weighted by Gasteiger charge is -2.24. The summed E-state index contributed by atoms with van der Waals surface area (Å²) in [5.41, 5.74) is 1.15. The molecule has 1 heterocycles. The molecule has 0 aliphatic carbocycles. The zero-order valence-corrected chi connectivity index (χ0v) is 12.5. The first kappa shape index (κ1) is 14.9. The van der Waals surface area contributed by atoms with Crippen LogP contribution < -0.4 is 0 Å². The Labute approximate surface area is 123 Å². The molecule has 1 amide bonds. The summed E-state index contributed by atoms with van der Waals surface area (Å²) >= 11 is 1.48. The van der Waals surface area contributed by atoms with Crippen molar-refractivity contribution in [3.63, 3.8) is 0 Å². The van der Waals surface area contributed by atoms with Crippen molar-refractivity contribution in [2.75, 3.05) is 6.54 Å². The molecule has 4 nitrogen and oxygen atoms in total. The Morgan fingerprint density at radius 1 is 1.45 bits per heavy atom. The predicted molar refractivity (Wildman–Crippen MR) is 78.9 cm³/mol. The van der Waals surface area contributed by atoms with E-state index in [1.54, 1.807) is 0 Å². The fourth-order valence-corrected chi connectivity index (χ4v) is 3.52. The first-order chi connectivity index (χ1) is 9.49. The number of hydrogen-bond acceptors (Lipinski definition) is 3. The number of carboxylic acids is 1. The molecular formula is C15H19NO3S. The van der Waals surface area contributed by atoms with Gasteiger partial charge in [0.25, 0.3) is 0 Å². The third-order valence-corrected chi connectivity index (χ3v) is 4.55. The lowest BCUT2D eigenvalue weighted by Crippen LogP contribution is -2.43. The van der Waals surface area contributed by atoms with E-state index >= 15 is 0 Å². The highest BCUT2D eigenvalue weighted by Gasteiger charge is 2.35. The van der Waals surface area contributed by atoms with E-state index < -0.39 is 12.0 Å². The molecule has 2 unspecified atom stereocenters. The van der Waals surface area contributed by atoms with Crippen molar-refractivity contribution in [3.8, 4) is 0 Å². The van der Waals surface area contributed by atoms with Crippen LogP contribution in [0.25, 0.3) is 0 Å². The second kappa shape index (κ2) is 6.31. The summed E-state index contributed by atoms with van der Waals surface area (Å²) < 4.78 is 0. The molecule has 5 heteroatoms. The third kappa shape index (κ3) is 3.33. The number of benzene rings is 1. The van der Waals surface area contributed by atoms with E-state index in [4.69, 9.17) is 5.11 Å². The molecule has 1 aliphatic heterocycles. The SMILES string of the molecule is Cc1cccc(SC(C)C(=O)N2CCCC2C(=O)O)c1. The van der Waals surface area contributed by atoms with Crippen LogP contribution in [0.1, 0.15) is 25.3 Å². The Morgan fingerprint density at radius 3 is 2.85 bits per heavy atom. The number of hydrogen-bond donors (Lipinski definition) is 1. The van der Waals surface area contributed by atoms with Gasteiger partial charge in [0.1, 0.15) is 6.04 Å². The number of carbonyl (C=O) groups is 2. The summed E-state index contributed by atoms with van der Waals surface area (Å²) in [5, 5.41) is 8.87. The number of carbonyl (C=O) groups excluding carboxylic acids is 1.